The highest BCUT2D eigenvalue weighted by atomic mass is 32.1. The van der Waals surface area contributed by atoms with E-state index in [-0.39, 0.29) is 5.78 Å². The summed E-state index contributed by atoms with van der Waals surface area (Å²) in [4.78, 5) is 19.2. The lowest BCUT2D eigenvalue weighted by Gasteiger charge is -2.26. The highest BCUT2D eigenvalue weighted by Gasteiger charge is 2.13. The fourth-order valence-electron chi connectivity index (χ4n) is 1.97. The number of ketones is 1. The summed E-state index contributed by atoms with van der Waals surface area (Å²) in [6.45, 7) is 6.52. The van der Waals surface area contributed by atoms with Crippen LogP contribution in [0.25, 0.3) is 0 Å². The smallest absolute Gasteiger partial charge is 0.174 e. The summed E-state index contributed by atoms with van der Waals surface area (Å²) in [6.07, 6.45) is 1.55. The number of ether oxygens (including phenoxy) is 1. The molecule has 5 heteroatoms. The third-order valence-corrected chi connectivity index (χ3v) is 3.95. The van der Waals surface area contributed by atoms with Gasteiger partial charge in [-0.3, -0.25) is 9.69 Å². The van der Waals surface area contributed by atoms with Crippen molar-refractivity contribution in [2.45, 2.75) is 19.8 Å². The molecule has 1 fully saturated rings. The van der Waals surface area contributed by atoms with E-state index in [2.05, 4.69) is 9.88 Å². The van der Waals surface area contributed by atoms with E-state index in [4.69, 9.17) is 4.74 Å². The number of aromatic nitrogens is 1. The second-order valence-corrected chi connectivity index (χ2v) is 5.10. The second kappa shape index (κ2) is 6.23. The summed E-state index contributed by atoms with van der Waals surface area (Å²) < 4.78 is 5.29. The highest BCUT2D eigenvalue weighted by molar-refractivity contribution is 7.11. The number of morpholine rings is 1. The molecule has 0 radical (unpaired) electrons. The van der Waals surface area contributed by atoms with Crippen LogP contribution < -0.4 is 0 Å². The van der Waals surface area contributed by atoms with Gasteiger partial charge in [-0.25, -0.2) is 4.98 Å². The predicted molar refractivity (Wildman–Crippen MR) is 67.7 cm³/mol. The maximum absolute atomic E-state index is 11.9. The molecule has 0 amide bonds. The first kappa shape index (κ1) is 12.7. The predicted octanol–water partition coefficient (Wildman–Crippen LogP) is 1.75. The van der Waals surface area contributed by atoms with Crippen molar-refractivity contribution in [3.8, 4) is 0 Å². The molecule has 0 aromatic carbocycles. The molecule has 0 unspecified atom stereocenters. The van der Waals surface area contributed by atoms with E-state index in [0.717, 1.165) is 49.8 Å². The van der Waals surface area contributed by atoms with Gasteiger partial charge in [-0.1, -0.05) is 0 Å². The minimum Gasteiger partial charge on any atom is -0.379 e. The average Bonchev–Trinajstić information content (AvgIpc) is 2.77. The normalized spacial score (nSPS) is 17.2. The summed E-state index contributed by atoms with van der Waals surface area (Å²) in [5.74, 6) is 0.234. The molecule has 1 aliphatic heterocycles. The van der Waals surface area contributed by atoms with Gasteiger partial charge in [-0.2, -0.15) is 0 Å². The summed E-state index contributed by atoms with van der Waals surface area (Å²) in [5, 5.41) is 0. The first-order valence-electron chi connectivity index (χ1n) is 6.01. The van der Waals surface area contributed by atoms with Gasteiger partial charge >= 0.3 is 0 Å². The molecular formula is C12H18N2O2S. The number of hydrogen-bond donors (Lipinski definition) is 0. The Hall–Kier alpha value is -0.780. The third-order valence-electron chi connectivity index (χ3n) is 2.98. The molecular weight excluding hydrogens is 236 g/mol. The van der Waals surface area contributed by atoms with Crippen LogP contribution in [0.2, 0.25) is 0 Å². The van der Waals surface area contributed by atoms with Gasteiger partial charge in [0.1, 0.15) is 0 Å². The first-order chi connectivity index (χ1) is 8.27. The van der Waals surface area contributed by atoms with Crippen LogP contribution in [-0.4, -0.2) is 48.5 Å². The number of carbonyl (C=O) groups excluding carboxylic acids is 1. The van der Waals surface area contributed by atoms with E-state index >= 15 is 0 Å². The highest BCUT2D eigenvalue weighted by Crippen LogP contribution is 2.15. The summed E-state index contributed by atoms with van der Waals surface area (Å²) >= 11 is 1.45. The lowest BCUT2D eigenvalue weighted by Crippen LogP contribution is -2.36. The van der Waals surface area contributed by atoms with Gasteiger partial charge in [-0.15, -0.1) is 11.3 Å². The van der Waals surface area contributed by atoms with Gasteiger partial charge in [0.15, 0.2) is 5.78 Å². The minimum atomic E-state index is 0.234. The standard InChI is InChI=1S/C12H18N2O2S/c1-10-12(17-9-13-10)11(15)3-2-4-14-5-7-16-8-6-14/h9H,2-8H2,1H3. The number of carbonyl (C=O) groups is 1. The van der Waals surface area contributed by atoms with Crippen LogP contribution in [-0.2, 0) is 4.74 Å². The van der Waals surface area contributed by atoms with E-state index in [1.54, 1.807) is 5.51 Å². The first-order valence-corrected chi connectivity index (χ1v) is 6.88. The van der Waals surface area contributed by atoms with Crippen LogP contribution in [0.15, 0.2) is 5.51 Å². The molecule has 17 heavy (non-hydrogen) atoms. The summed E-state index contributed by atoms with van der Waals surface area (Å²) in [5.41, 5.74) is 2.61. The van der Waals surface area contributed by atoms with Crippen LogP contribution in [0, 0.1) is 6.92 Å². The fourth-order valence-corrected chi connectivity index (χ4v) is 2.74. The molecule has 0 atom stereocenters. The Kier molecular flexibility index (Phi) is 4.65. The lowest BCUT2D eigenvalue weighted by molar-refractivity contribution is 0.0371. The SMILES string of the molecule is Cc1ncsc1C(=O)CCCN1CCOCC1. The Morgan fingerprint density at radius 2 is 2.29 bits per heavy atom. The molecule has 1 aliphatic rings. The van der Waals surface area contributed by atoms with Crippen molar-refractivity contribution in [1.29, 1.82) is 0 Å². The Morgan fingerprint density at radius 3 is 2.94 bits per heavy atom. The van der Waals surface area contributed by atoms with Gasteiger partial charge in [-0.05, 0) is 19.9 Å². The van der Waals surface area contributed by atoms with Crippen molar-refractivity contribution >= 4 is 17.1 Å². The molecule has 2 heterocycles. The molecule has 0 N–H and O–H groups in total. The van der Waals surface area contributed by atoms with Crippen molar-refractivity contribution in [2.24, 2.45) is 0 Å². The van der Waals surface area contributed by atoms with Gasteiger partial charge in [0.2, 0.25) is 0 Å². The molecule has 2 rings (SSSR count). The van der Waals surface area contributed by atoms with Crippen LogP contribution >= 0.6 is 11.3 Å². The molecule has 0 spiro atoms. The molecule has 1 saturated heterocycles. The van der Waals surface area contributed by atoms with Crippen LogP contribution in [0.4, 0.5) is 0 Å². The minimum absolute atomic E-state index is 0.234. The molecule has 1 aromatic rings. The number of rotatable bonds is 5. The third kappa shape index (κ3) is 3.59. The quantitative estimate of drug-likeness (QED) is 0.751. The Morgan fingerprint density at radius 1 is 1.53 bits per heavy atom. The van der Waals surface area contributed by atoms with Crippen molar-refractivity contribution in [3.63, 3.8) is 0 Å². The van der Waals surface area contributed by atoms with E-state index in [1.165, 1.54) is 11.3 Å². The Labute approximate surface area is 106 Å². The molecule has 4 nitrogen and oxygen atoms in total. The number of Topliss-reactive ketones (excluding diaryl/α,β-unsaturated/α-hetero) is 1. The number of thiazole rings is 1. The monoisotopic (exact) mass is 254 g/mol. The Bertz CT molecular complexity index is 372. The summed E-state index contributed by atoms with van der Waals surface area (Å²) in [7, 11) is 0. The maximum atomic E-state index is 11.9. The second-order valence-electron chi connectivity index (χ2n) is 4.25. The lowest BCUT2D eigenvalue weighted by atomic mass is 10.1. The van der Waals surface area contributed by atoms with Gasteiger partial charge < -0.3 is 4.74 Å². The van der Waals surface area contributed by atoms with E-state index in [0.29, 0.717) is 6.42 Å². The molecule has 0 saturated carbocycles. The van der Waals surface area contributed by atoms with Crippen molar-refractivity contribution in [3.05, 3.63) is 16.1 Å². The average molecular weight is 254 g/mol. The van der Waals surface area contributed by atoms with Crippen LogP contribution in [0.3, 0.4) is 0 Å². The number of nitrogens with zero attached hydrogens (tertiary/aromatic N) is 2. The van der Waals surface area contributed by atoms with Crippen molar-refractivity contribution in [2.75, 3.05) is 32.8 Å². The van der Waals surface area contributed by atoms with E-state index in [9.17, 15) is 4.79 Å². The van der Waals surface area contributed by atoms with E-state index < -0.39 is 0 Å². The van der Waals surface area contributed by atoms with Crippen molar-refractivity contribution in [1.82, 2.24) is 9.88 Å². The topological polar surface area (TPSA) is 42.4 Å². The largest absolute Gasteiger partial charge is 0.379 e. The van der Waals surface area contributed by atoms with Gasteiger partial charge in [0.25, 0.3) is 0 Å². The summed E-state index contributed by atoms with van der Waals surface area (Å²) in [6, 6.07) is 0. The van der Waals surface area contributed by atoms with Gasteiger partial charge in [0.05, 0.1) is 29.3 Å². The van der Waals surface area contributed by atoms with E-state index in [1.807, 2.05) is 6.92 Å². The zero-order valence-corrected chi connectivity index (χ0v) is 11.0. The zero-order chi connectivity index (χ0) is 12.1. The zero-order valence-electron chi connectivity index (χ0n) is 10.1. The number of aryl methyl sites for hydroxylation is 1. The van der Waals surface area contributed by atoms with Crippen LogP contribution in [0.5, 0.6) is 0 Å². The molecule has 1 aromatic heterocycles. The Balaban J connectivity index is 1.71. The molecule has 94 valence electrons. The molecule has 0 bridgehead atoms. The number of hydrogen-bond acceptors (Lipinski definition) is 5. The van der Waals surface area contributed by atoms with Gasteiger partial charge in [0, 0.05) is 19.5 Å². The fraction of sp³-hybridized carbons (Fsp3) is 0.667. The van der Waals surface area contributed by atoms with Crippen LogP contribution in [0.1, 0.15) is 28.2 Å². The maximum Gasteiger partial charge on any atom is 0.174 e. The molecule has 0 aliphatic carbocycles. The van der Waals surface area contributed by atoms with Crippen molar-refractivity contribution < 1.29 is 9.53 Å².